The lowest BCUT2D eigenvalue weighted by molar-refractivity contribution is -0.141. The van der Waals surface area contributed by atoms with Gasteiger partial charge in [-0.15, -0.1) is 11.3 Å². The lowest BCUT2D eigenvalue weighted by atomic mass is 10.3. The van der Waals surface area contributed by atoms with Crippen molar-refractivity contribution >= 4 is 22.4 Å². The molecule has 1 N–H and O–H groups in total. The third-order valence-corrected chi connectivity index (χ3v) is 3.51. The molecule has 0 fully saturated rings. The van der Waals surface area contributed by atoms with Crippen LogP contribution in [0.2, 0.25) is 0 Å². The molecular formula is C14H14F3N3O2S. The number of hydrogen-bond donors (Lipinski definition) is 1. The lowest BCUT2D eigenvalue weighted by Crippen LogP contribution is -2.13. The average molecular weight is 345 g/mol. The summed E-state index contributed by atoms with van der Waals surface area (Å²) in [6.45, 7) is 1.97. The topological polar surface area (TPSA) is 64.1 Å². The molecular weight excluding hydrogens is 331 g/mol. The van der Waals surface area contributed by atoms with Gasteiger partial charge in [0.1, 0.15) is 5.69 Å². The molecule has 1 amide bonds. The smallest absolute Gasteiger partial charge is 0.433 e. The summed E-state index contributed by atoms with van der Waals surface area (Å²) in [7, 11) is 0. The van der Waals surface area contributed by atoms with E-state index in [0.717, 1.165) is 10.9 Å². The maximum Gasteiger partial charge on any atom is 0.433 e. The highest BCUT2D eigenvalue weighted by Crippen LogP contribution is 2.28. The predicted octanol–water partition coefficient (Wildman–Crippen LogP) is 3.66. The molecule has 0 aliphatic carbocycles. The number of anilines is 1. The Kier molecular flexibility index (Phi) is 5.54. The number of carbonyl (C=O) groups excluding carboxylic acids is 1. The van der Waals surface area contributed by atoms with Crippen LogP contribution in [0.1, 0.15) is 23.4 Å². The van der Waals surface area contributed by atoms with Gasteiger partial charge in [-0.05, 0) is 19.4 Å². The zero-order valence-electron chi connectivity index (χ0n) is 12.2. The van der Waals surface area contributed by atoms with Crippen LogP contribution in [0.15, 0.2) is 24.4 Å². The highest BCUT2D eigenvalue weighted by atomic mass is 32.1. The van der Waals surface area contributed by atoms with Crippen LogP contribution in [0.25, 0.3) is 0 Å². The summed E-state index contributed by atoms with van der Waals surface area (Å²) in [4.78, 5) is 20.0. The molecule has 9 heteroatoms. The molecule has 0 radical (unpaired) electrons. The summed E-state index contributed by atoms with van der Waals surface area (Å²) in [5, 5.41) is 3.16. The van der Waals surface area contributed by atoms with Crippen LogP contribution < -0.4 is 10.1 Å². The van der Waals surface area contributed by atoms with Gasteiger partial charge in [-0.25, -0.2) is 9.97 Å². The maximum atomic E-state index is 12.5. The minimum Gasteiger partial charge on any atom is -0.478 e. The number of halogens is 3. The highest BCUT2D eigenvalue weighted by Gasteiger charge is 2.32. The summed E-state index contributed by atoms with van der Waals surface area (Å²) < 4.78 is 42.6. The second-order valence-electron chi connectivity index (χ2n) is 4.64. The van der Waals surface area contributed by atoms with Crippen molar-refractivity contribution in [2.24, 2.45) is 0 Å². The minimum atomic E-state index is -4.51. The number of nitrogens with one attached hydrogen (secondary N) is 1. The number of aryl methyl sites for hydroxylation is 1. The molecule has 0 spiro atoms. The molecule has 23 heavy (non-hydrogen) atoms. The van der Waals surface area contributed by atoms with Gasteiger partial charge in [-0.3, -0.25) is 4.79 Å². The number of aromatic nitrogens is 2. The Morgan fingerprint density at radius 1 is 1.39 bits per heavy atom. The van der Waals surface area contributed by atoms with E-state index < -0.39 is 11.9 Å². The average Bonchev–Trinajstić information content (AvgIpc) is 2.88. The monoisotopic (exact) mass is 345 g/mol. The zero-order chi connectivity index (χ0) is 16.9. The molecule has 0 aliphatic rings. The van der Waals surface area contributed by atoms with E-state index in [9.17, 15) is 18.0 Å². The first-order valence-electron chi connectivity index (χ1n) is 6.74. The first kappa shape index (κ1) is 17.2. The molecule has 0 aliphatic heterocycles. The van der Waals surface area contributed by atoms with Gasteiger partial charge in [0.25, 0.3) is 0 Å². The highest BCUT2D eigenvalue weighted by molar-refractivity contribution is 7.15. The number of thiazole rings is 1. The molecule has 124 valence electrons. The summed E-state index contributed by atoms with van der Waals surface area (Å²) >= 11 is 1.37. The van der Waals surface area contributed by atoms with Crippen LogP contribution in [0.5, 0.6) is 5.88 Å². The van der Waals surface area contributed by atoms with E-state index in [0.29, 0.717) is 11.6 Å². The molecule has 0 atom stereocenters. The van der Waals surface area contributed by atoms with Crippen molar-refractivity contribution in [2.75, 3.05) is 11.9 Å². The van der Waals surface area contributed by atoms with E-state index in [4.69, 9.17) is 4.74 Å². The van der Waals surface area contributed by atoms with Gasteiger partial charge < -0.3 is 10.1 Å². The van der Waals surface area contributed by atoms with E-state index in [-0.39, 0.29) is 24.8 Å². The van der Waals surface area contributed by atoms with Gasteiger partial charge in [0.05, 0.1) is 6.61 Å². The number of rotatable bonds is 6. The van der Waals surface area contributed by atoms with E-state index in [1.807, 2.05) is 6.92 Å². The molecule has 0 unspecified atom stereocenters. The summed E-state index contributed by atoms with van der Waals surface area (Å²) in [5.74, 6) is -0.337. The third kappa shape index (κ3) is 5.51. The standard InChI is InChI=1S/C14H14F3N3O2S/c1-9-8-18-13(23-9)20-11(21)5-3-7-22-12-6-2-4-10(19-12)14(15,16)17/h2,4,6,8H,3,5,7H2,1H3,(H,18,20,21). The quantitative estimate of drug-likeness (QED) is 0.812. The Bertz CT molecular complexity index is 673. The fraction of sp³-hybridized carbons (Fsp3) is 0.357. The number of ether oxygens (including phenoxy) is 1. The number of carbonyl (C=O) groups is 1. The molecule has 0 bridgehead atoms. The molecule has 2 rings (SSSR count). The van der Waals surface area contributed by atoms with Gasteiger partial charge >= 0.3 is 6.18 Å². The van der Waals surface area contributed by atoms with Crippen molar-refractivity contribution in [3.8, 4) is 5.88 Å². The number of amides is 1. The molecule has 0 saturated heterocycles. The van der Waals surface area contributed by atoms with Crippen LogP contribution in [0.4, 0.5) is 18.3 Å². The normalized spacial score (nSPS) is 11.3. The SMILES string of the molecule is Cc1cnc(NC(=O)CCCOc2cccc(C(F)(F)F)n2)s1. The van der Waals surface area contributed by atoms with Gasteiger partial charge in [0.15, 0.2) is 5.13 Å². The number of nitrogens with zero attached hydrogens (tertiary/aromatic N) is 2. The summed E-state index contributed by atoms with van der Waals surface area (Å²) in [6.07, 6.45) is -2.32. The van der Waals surface area contributed by atoms with Crippen LogP contribution in [0, 0.1) is 6.92 Å². The Balaban J connectivity index is 1.74. The Labute approximate surface area is 134 Å². The number of alkyl halides is 3. The Morgan fingerprint density at radius 3 is 2.83 bits per heavy atom. The van der Waals surface area contributed by atoms with Crippen molar-refractivity contribution in [1.82, 2.24) is 9.97 Å². The maximum absolute atomic E-state index is 12.5. The Morgan fingerprint density at radius 2 is 2.17 bits per heavy atom. The van der Waals surface area contributed by atoms with Crippen molar-refractivity contribution in [2.45, 2.75) is 25.9 Å². The van der Waals surface area contributed by atoms with Crippen molar-refractivity contribution in [3.05, 3.63) is 35.0 Å². The first-order chi connectivity index (χ1) is 10.8. The van der Waals surface area contributed by atoms with E-state index in [1.54, 1.807) is 6.20 Å². The van der Waals surface area contributed by atoms with Gasteiger partial charge in [0, 0.05) is 23.6 Å². The third-order valence-electron chi connectivity index (χ3n) is 2.68. The van der Waals surface area contributed by atoms with Gasteiger partial charge in [-0.2, -0.15) is 13.2 Å². The largest absolute Gasteiger partial charge is 0.478 e. The molecule has 2 aromatic rings. The number of pyridine rings is 1. The van der Waals surface area contributed by atoms with Crippen molar-refractivity contribution < 1.29 is 22.7 Å². The van der Waals surface area contributed by atoms with Crippen LogP contribution >= 0.6 is 11.3 Å². The molecule has 2 aromatic heterocycles. The predicted molar refractivity (Wildman–Crippen MR) is 79.4 cm³/mol. The van der Waals surface area contributed by atoms with Crippen LogP contribution in [-0.4, -0.2) is 22.5 Å². The van der Waals surface area contributed by atoms with E-state index in [1.165, 1.54) is 23.5 Å². The Hall–Kier alpha value is -2.16. The van der Waals surface area contributed by atoms with E-state index in [2.05, 4.69) is 15.3 Å². The fourth-order valence-electron chi connectivity index (χ4n) is 1.66. The van der Waals surface area contributed by atoms with Crippen molar-refractivity contribution in [3.63, 3.8) is 0 Å². The second kappa shape index (κ2) is 7.40. The molecule has 0 saturated carbocycles. The first-order valence-corrected chi connectivity index (χ1v) is 7.55. The van der Waals surface area contributed by atoms with Crippen LogP contribution in [0.3, 0.4) is 0 Å². The van der Waals surface area contributed by atoms with E-state index >= 15 is 0 Å². The lowest BCUT2D eigenvalue weighted by Gasteiger charge is -2.08. The van der Waals surface area contributed by atoms with Crippen LogP contribution in [-0.2, 0) is 11.0 Å². The van der Waals surface area contributed by atoms with Crippen molar-refractivity contribution in [1.29, 1.82) is 0 Å². The van der Waals surface area contributed by atoms with Gasteiger partial charge in [-0.1, -0.05) is 6.07 Å². The summed E-state index contributed by atoms with van der Waals surface area (Å²) in [6, 6.07) is 3.44. The van der Waals surface area contributed by atoms with Gasteiger partial charge in [0.2, 0.25) is 11.8 Å². The molecule has 5 nitrogen and oxygen atoms in total. The minimum absolute atomic E-state index is 0.0959. The number of hydrogen-bond acceptors (Lipinski definition) is 5. The zero-order valence-corrected chi connectivity index (χ0v) is 13.0. The second-order valence-corrected chi connectivity index (χ2v) is 5.87. The fourth-order valence-corrected chi connectivity index (χ4v) is 2.34. The molecule has 0 aromatic carbocycles. The molecule has 2 heterocycles. The summed E-state index contributed by atoms with van der Waals surface area (Å²) in [5.41, 5.74) is -1.01.